The fourth-order valence-electron chi connectivity index (χ4n) is 2.06. The molecule has 0 amide bonds. The molecule has 0 saturated heterocycles. The first kappa shape index (κ1) is 14.8. The molecule has 1 aromatic carbocycles. The van der Waals surface area contributed by atoms with Crippen LogP contribution in [0.3, 0.4) is 0 Å². The maximum absolute atomic E-state index is 12.3. The molecule has 3 aromatic rings. The number of H-pyrrole nitrogens is 1. The first-order valence-electron chi connectivity index (χ1n) is 6.60. The van der Waals surface area contributed by atoms with Gasteiger partial charge in [-0.05, 0) is 25.1 Å². The van der Waals surface area contributed by atoms with E-state index in [1.807, 2.05) is 24.3 Å². The van der Waals surface area contributed by atoms with Crippen LogP contribution in [0.4, 0.5) is 8.78 Å². The Kier molecular flexibility index (Phi) is 4.24. The van der Waals surface area contributed by atoms with Crippen molar-refractivity contribution < 1.29 is 13.5 Å². The van der Waals surface area contributed by atoms with Gasteiger partial charge in [-0.2, -0.15) is 8.78 Å². The van der Waals surface area contributed by atoms with E-state index in [-0.39, 0.29) is 5.75 Å². The fourth-order valence-corrected chi connectivity index (χ4v) is 2.97. The number of nitrogens with one attached hydrogen (secondary N) is 1. The zero-order valence-corrected chi connectivity index (χ0v) is 12.5. The molecule has 22 heavy (non-hydrogen) atoms. The third kappa shape index (κ3) is 3.19. The van der Waals surface area contributed by atoms with Crippen molar-refractivity contribution in [1.29, 1.82) is 0 Å². The minimum atomic E-state index is -2.84. The van der Waals surface area contributed by atoms with Gasteiger partial charge < -0.3 is 9.72 Å². The zero-order valence-electron chi connectivity index (χ0n) is 11.7. The minimum Gasteiger partial charge on any atom is -0.434 e. The molecule has 0 aliphatic rings. The number of fused-ring (bicyclic) bond motifs is 1. The number of thioether (sulfide) groups is 1. The van der Waals surface area contributed by atoms with Crippen molar-refractivity contribution in [3.8, 4) is 5.75 Å². The summed E-state index contributed by atoms with van der Waals surface area (Å²) in [4.78, 5) is 11.9. The lowest BCUT2D eigenvalue weighted by Gasteiger charge is -2.10. The molecule has 0 unspecified atom stereocenters. The second kappa shape index (κ2) is 6.31. The van der Waals surface area contributed by atoms with E-state index >= 15 is 0 Å². The Morgan fingerprint density at radius 2 is 2.09 bits per heavy atom. The monoisotopic (exact) mass is 321 g/mol. The second-order valence-electron chi connectivity index (χ2n) is 4.61. The highest BCUT2D eigenvalue weighted by Crippen LogP contribution is 2.27. The van der Waals surface area contributed by atoms with Gasteiger partial charge >= 0.3 is 6.61 Å². The summed E-state index contributed by atoms with van der Waals surface area (Å²) in [6.45, 7) is -1.11. The first-order valence-corrected chi connectivity index (χ1v) is 7.59. The van der Waals surface area contributed by atoms with E-state index in [4.69, 9.17) is 0 Å². The zero-order chi connectivity index (χ0) is 15.5. The van der Waals surface area contributed by atoms with Crippen LogP contribution in [0.15, 0.2) is 41.7 Å². The molecular weight excluding hydrogens is 308 g/mol. The molecule has 0 fully saturated rings. The molecule has 0 spiro atoms. The fraction of sp³-hybridized carbons (Fsp3) is 0.200. The van der Waals surface area contributed by atoms with E-state index in [9.17, 15) is 8.78 Å². The van der Waals surface area contributed by atoms with E-state index in [2.05, 4.69) is 19.7 Å². The lowest BCUT2D eigenvalue weighted by molar-refractivity contribution is -0.0503. The molecule has 0 aliphatic heterocycles. The Morgan fingerprint density at radius 1 is 1.27 bits per heavy atom. The summed E-state index contributed by atoms with van der Waals surface area (Å²) in [5.41, 5.74) is 3.17. The van der Waals surface area contributed by atoms with Crippen molar-refractivity contribution in [2.24, 2.45) is 0 Å². The molecule has 3 rings (SSSR count). The highest BCUT2D eigenvalue weighted by Gasteiger charge is 2.12. The summed E-state index contributed by atoms with van der Waals surface area (Å²) in [5.74, 6) is 0.678. The number of halogens is 2. The lowest BCUT2D eigenvalue weighted by atomic mass is 10.2. The number of pyridine rings is 1. The SMILES string of the molecule is Cc1c(OC(F)F)ccnc1CSc1nc2ccccc2[nH]1. The summed E-state index contributed by atoms with van der Waals surface area (Å²) in [7, 11) is 0. The summed E-state index contributed by atoms with van der Waals surface area (Å²) in [5, 5.41) is 0.766. The van der Waals surface area contributed by atoms with Gasteiger partial charge in [0.15, 0.2) is 5.16 Å². The number of hydrogen-bond donors (Lipinski definition) is 1. The molecule has 114 valence electrons. The molecule has 4 nitrogen and oxygen atoms in total. The van der Waals surface area contributed by atoms with E-state index < -0.39 is 6.61 Å². The molecule has 0 saturated carbocycles. The Hall–Kier alpha value is -2.15. The van der Waals surface area contributed by atoms with Crippen molar-refractivity contribution in [3.63, 3.8) is 0 Å². The van der Waals surface area contributed by atoms with Crippen molar-refractivity contribution in [2.45, 2.75) is 24.4 Å². The molecule has 2 aromatic heterocycles. The normalized spacial score (nSPS) is 11.3. The third-order valence-corrected chi connectivity index (χ3v) is 4.07. The number of nitrogens with zero attached hydrogens (tertiary/aromatic N) is 2. The van der Waals surface area contributed by atoms with Gasteiger partial charge in [0.25, 0.3) is 0 Å². The van der Waals surface area contributed by atoms with Gasteiger partial charge in [-0.1, -0.05) is 23.9 Å². The maximum atomic E-state index is 12.3. The van der Waals surface area contributed by atoms with E-state index in [1.165, 1.54) is 24.0 Å². The Balaban J connectivity index is 1.76. The number of benzene rings is 1. The van der Waals surface area contributed by atoms with Crippen molar-refractivity contribution in [1.82, 2.24) is 15.0 Å². The first-order chi connectivity index (χ1) is 10.6. The van der Waals surface area contributed by atoms with Crippen molar-refractivity contribution >= 4 is 22.8 Å². The molecule has 0 aliphatic carbocycles. The predicted molar refractivity (Wildman–Crippen MR) is 81.3 cm³/mol. The average molecular weight is 321 g/mol. The summed E-state index contributed by atoms with van der Waals surface area (Å²) < 4.78 is 29.2. The van der Waals surface area contributed by atoms with Crippen LogP contribution in [-0.2, 0) is 5.75 Å². The summed E-state index contributed by atoms with van der Waals surface area (Å²) in [6, 6.07) is 9.18. The molecule has 7 heteroatoms. The lowest BCUT2D eigenvalue weighted by Crippen LogP contribution is -2.05. The number of hydrogen-bond acceptors (Lipinski definition) is 4. The molecule has 0 bridgehead atoms. The van der Waals surface area contributed by atoms with Crippen LogP contribution in [-0.4, -0.2) is 21.6 Å². The number of aromatic amines is 1. The highest BCUT2D eigenvalue weighted by atomic mass is 32.2. The van der Waals surface area contributed by atoms with Crippen LogP contribution in [0.2, 0.25) is 0 Å². The van der Waals surface area contributed by atoms with E-state index in [1.54, 1.807) is 6.92 Å². The Labute approximate surface area is 129 Å². The Morgan fingerprint density at radius 3 is 2.86 bits per heavy atom. The van der Waals surface area contributed by atoms with E-state index in [0.29, 0.717) is 17.0 Å². The van der Waals surface area contributed by atoms with Gasteiger partial charge in [-0.3, -0.25) is 4.98 Å². The third-order valence-electron chi connectivity index (χ3n) is 3.19. The average Bonchev–Trinajstić information content (AvgIpc) is 2.90. The van der Waals surface area contributed by atoms with Crippen LogP contribution >= 0.6 is 11.8 Å². The standard InChI is InChI=1S/C15H13F2N3OS/c1-9-12(18-7-6-13(9)21-14(16)17)8-22-15-19-10-4-2-3-5-11(10)20-15/h2-7,14H,8H2,1H3,(H,19,20). The molecule has 0 radical (unpaired) electrons. The van der Waals surface area contributed by atoms with Gasteiger partial charge in [0.05, 0.1) is 16.7 Å². The van der Waals surface area contributed by atoms with E-state index in [0.717, 1.165) is 16.2 Å². The topological polar surface area (TPSA) is 50.8 Å². The van der Waals surface area contributed by atoms with Crippen LogP contribution in [0.25, 0.3) is 11.0 Å². The van der Waals surface area contributed by atoms with Crippen molar-refractivity contribution in [3.05, 3.63) is 47.8 Å². The quantitative estimate of drug-likeness (QED) is 0.717. The van der Waals surface area contributed by atoms with Gasteiger partial charge in [0.1, 0.15) is 5.75 Å². The van der Waals surface area contributed by atoms with Crippen LogP contribution in [0.5, 0.6) is 5.75 Å². The smallest absolute Gasteiger partial charge is 0.387 e. The molecule has 0 atom stereocenters. The van der Waals surface area contributed by atoms with Gasteiger partial charge in [-0.25, -0.2) is 4.98 Å². The highest BCUT2D eigenvalue weighted by molar-refractivity contribution is 7.98. The second-order valence-corrected chi connectivity index (χ2v) is 5.57. The summed E-state index contributed by atoms with van der Waals surface area (Å²) >= 11 is 1.47. The number of alkyl halides is 2. The molecule has 1 N–H and O–H groups in total. The number of para-hydroxylation sites is 2. The van der Waals surface area contributed by atoms with Gasteiger partial charge in [0.2, 0.25) is 0 Å². The molecular formula is C15H13F2N3OS. The molecule has 2 heterocycles. The summed E-state index contributed by atoms with van der Waals surface area (Å²) in [6.07, 6.45) is 1.47. The minimum absolute atomic E-state index is 0.158. The maximum Gasteiger partial charge on any atom is 0.387 e. The number of ether oxygens (including phenoxy) is 1. The van der Waals surface area contributed by atoms with Gasteiger partial charge in [0, 0.05) is 17.5 Å². The number of rotatable bonds is 5. The number of aromatic nitrogens is 3. The van der Waals surface area contributed by atoms with Gasteiger partial charge in [-0.15, -0.1) is 0 Å². The van der Waals surface area contributed by atoms with Crippen LogP contribution in [0, 0.1) is 6.92 Å². The van der Waals surface area contributed by atoms with Crippen LogP contribution < -0.4 is 4.74 Å². The predicted octanol–water partition coefficient (Wildman–Crippen LogP) is 4.16. The number of imidazole rings is 1. The largest absolute Gasteiger partial charge is 0.434 e. The van der Waals surface area contributed by atoms with Crippen molar-refractivity contribution in [2.75, 3.05) is 0 Å². The Bertz CT molecular complexity index is 758. The van der Waals surface area contributed by atoms with Crippen LogP contribution in [0.1, 0.15) is 11.3 Å².